The fourth-order valence-corrected chi connectivity index (χ4v) is 3.36. The largest absolute Gasteiger partial charge is 0.478 e. The van der Waals surface area contributed by atoms with Gasteiger partial charge in [0.1, 0.15) is 11.6 Å². The number of rotatable bonds is 5. The Labute approximate surface area is 188 Å². The van der Waals surface area contributed by atoms with Crippen LogP contribution in [0.2, 0.25) is 0 Å². The number of hydrogen-bond acceptors (Lipinski definition) is 7. The predicted molar refractivity (Wildman–Crippen MR) is 126 cm³/mol. The zero-order valence-electron chi connectivity index (χ0n) is 17.5. The van der Waals surface area contributed by atoms with Crippen LogP contribution in [0.5, 0.6) is 11.6 Å². The van der Waals surface area contributed by atoms with Crippen molar-refractivity contribution in [3.8, 4) is 34.1 Å². The summed E-state index contributed by atoms with van der Waals surface area (Å²) >= 11 is 0. The van der Waals surface area contributed by atoms with E-state index in [4.69, 9.17) is 15.6 Å². The van der Waals surface area contributed by atoms with Crippen molar-refractivity contribution >= 4 is 30.7 Å². The number of carboxylic acid groups (broad SMARTS) is 1. The molecular weight excluding hydrogens is 419 g/mol. The van der Waals surface area contributed by atoms with Crippen LogP contribution in [-0.2, 0) is 0 Å². The number of ether oxygens (including phenoxy) is 1. The van der Waals surface area contributed by atoms with E-state index >= 15 is 0 Å². The van der Waals surface area contributed by atoms with Gasteiger partial charge in [-0.1, -0.05) is 30.3 Å². The molecule has 0 atom stereocenters. The first kappa shape index (κ1) is 20.2. The maximum absolute atomic E-state index is 11.1. The molecular formula is C23H17BN6O3. The number of carbonyl (C=O) groups is 1. The van der Waals surface area contributed by atoms with Crippen molar-refractivity contribution in [1.29, 1.82) is 0 Å². The minimum Gasteiger partial charge on any atom is -0.478 e. The molecule has 0 amide bonds. The van der Waals surface area contributed by atoms with Crippen LogP contribution in [0.15, 0.2) is 73.2 Å². The van der Waals surface area contributed by atoms with E-state index in [1.54, 1.807) is 38.6 Å². The maximum atomic E-state index is 11.1. The molecule has 0 saturated carbocycles. The van der Waals surface area contributed by atoms with Gasteiger partial charge < -0.3 is 15.6 Å². The zero-order valence-corrected chi connectivity index (χ0v) is 17.5. The third-order valence-electron chi connectivity index (χ3n) is 5.20. The number of fused-ring (bicyclic) bond motifs is 1. The third kappa shape index (κ3) is 3.74. The van der Waals surface area contributed by atoms with Gasteiger partial charge in [-0.2, -0.15) is 14.6 Å². The Balaban J connectivity index is 1.52. The summed E-state index contributed by atoms with van der Waals surface area (Å²) < 4.78 is 7.45. The van der Waals surface area contributed by atoms with Gasteiger partial charge >= 0.3 is 5.97 Å². The van der Waals surface area contributed by atoms with E-state index in [1.165, 1.54) is 16.6 Å². The highest BCUT2D eigenvalue weighted by atomic mass is 16.5. The van der Waals surface area contributed by atoms with E-state index < -0.39 is 5.97 Å². The number of nitrogen functional groups attached to an aromatic ring is 1. The number of aromatic carboxylic acids is 1. The first-order valence-corrected chi connectivity index (χ1v) is 10.0. The van der Waals surface area contributed by atoms with Crippen LogP contribution < -0.4 is 15.9 Å². The highest BCUT2D eigenvalue weighted by Gasteiger charge is 2.17. The lowest BCUT2D eigenvalue weighted by molar-refractivity contribution is 0.0697. The molecule has 0 aliphatic carbocycles. The fourth-order valence-electron chi connectivity index (χ4n) is 3.36. The van der Waals surface area contributed by atoms with E-state index in [-0.39, 0.29) is 5.56 Å². The molecule has 5 rings (SSSR count). The molecule has 0 radical (unpaired) electrons. The van der Waals surface area contributed by atoms with Crippen LogP contribution >= 0.6 is 0 Å². The van der Waals surface area contributed by atoms with E-state index in [9.17, 15) is 4.79 Å². The second kappa shape index (κ2) is 8.08. The van der Waals surface area contributed by atoms with E-state index in [0.29, 0.717) is 39.9 Å². The number of hydrogen-bond donors (Lipinski definition) is 2. The number of nitrogens with two attached hydrogens (primary N) is 1. The highest BCUT2D eigenvalue weighted by Crippen LogP contribution is 2.27. The highest BCUT2D eigenvalue weighted by molar-refractivity contribution is 6.37. The number of carboxylic acids is 1. The van der Waals surface area contributed by atoms with Crippen LogP contribution in [0.3, 0.4) is 0 Å². The van der Waals surface area contributed by atoms with Gasteiger partial charge in [-0.3, -0.25) is 0 Å². The van der Waals surface area contributed by atoms with Crippen molar-refractivity contribution in [2.75, 3.05) is 5.73 Å². The molecule has 5 aromatic rings. The summed E-state index contributed by atoms with van der Waals surface area (Å²) in [6.07, 6.45) is 5.09. The van der Waals surface area contributed by atoms with Gasteiger partial charge in [0, 0.05) is 34.5 Å². The molecule has 0 bridgehead atoms. The monoisotopic (exact) mass is 436 g/mol. The minimum atomic E-state index is -1.01. The van der Waals surface area contributed by atoms with Crippen molar-refractivity contribution in [2.24, 2.45) is 0 Å². The normalized spacial score (nSPS) is 10.9. The van der Waals surface area contributed by atoms with Crippen LogP contribution in [0.4, 0.5) is 5.82 Å². The summed E-state index contributed by atoms with van der Waals surface area (Å²) in [4.78, 5) is 24.7. The third-order valence-corrected chi connectivity index (χ3v) is 5.20. The molecule has 0 aliphatic heterocycles. The lowest BCUT2D eigenvalue weighted by Gasteiger charge is -2.12. The molecule has 0 saturated heterocycles. The van der Waals surface area contributed by atoms with Gasteiger partial charge in [-0.25, -0.2) is 14.8 Å². The Morgan fingerprint density at radius 1 is 0.970 bits per heavy atom. The lowest BCUT2D eigenvalue weighted by atomic mass is 9.98. The molecule has 3 aromatic heterocycles. The van der Waals surface area contributed by atoms with Gasteiger partial charge in [-0.05, 0) is 24.3 Å². The number of nitrogens with zero attached hydrogens (tertiary/aromatic N) is 5. The Hall–Kier alpha value is -4.73. The molecule has 3 N–H and O–H groups in total. The lowest BCUT2D eigenvalue weighted by Crippen LogP contribution is -2.19. The molecule has 9 nitrogen and oxygen atoms in total. The Morgan fingerprint density at radius 3 is 2.33 bits per heavy atom. The molecule has 33 heavy (non-hydrogen) atoms. The van der Waals surface area contributed by atoms with Crippen LogP contribution in [0.25, 0.3) is 28.2 Å². The topological polar surface area (TPSA) is 129 Å². The average molecular weight is 436 g/mol. The molecule has 0 aliphatic rings. The number of anilines is 1. The summed E-state index contributed by atoms with van der Waals surface area (Å²) in [5.74, 6) is 0.728. The van der Waals surface area contributed by atoms with Crippen LogP contribution in [0.1, 0.15) is 10.4 Å². The standard InChI is InChI=1S/C23H17BN6O3/c24-18-19(25)30-21(29-22(18)33-16-8-6-14(7-9-16)23(31)32)17(12-28-30)15-10-26-20(27-11-15)13-4-2-1-3-5-13/h1-12H,24-25H2,(H,31,32). The quantitative estimate of drug-likeness (QED) is 0.401. The van der Waals surface area contributed by atoms with Crippen molar-refractivity contribution in [2.45, 2.75) is 0 Å². The zero-order chi connectivity index (χ0) is 22.9. The first-order valence-electron chi connectivity index (χ1n) is 10.0. The van der Waals surface area contributed by atoms with E-state index in [2.05, 4.69) is 20.1 Å². The molecule has 160 valence electrons. The first-order chi connectivity index (χ1) is 16.0. The van der Waals surface area contributed by atoms with Crippen molar-refractivity contribution in [3.63, 3.8) is 0 Å². The summed E-state index contributed by atoms with van der Waals surface area (Å²) in [5, 5.41) is 13.4. The summed E-state index contributed by atoms with van der Waals surface area (Å²) in [6, 6.07) is 15.8. The van der Waals surface area contributed by atoms with Crippen LogP contribution in [-0.4, -0.2) is 43.5 Å². The molecule has 3 heterocycles. The molecule has 0 fully saturated rings. The van der Waals surface area contributed by atoms with Gasteiger partial charge in [0.25, 0.3) is 0 Å². The Bertz CT molecular complexity index is 1470. The molecule has 0 spiro atoms. The van der Waals surface area contributed by atoms with Crippen molar-refractivity contribution in [1.82, 2.24) is 24.6 Å². The van der Waals surface area contributed by atoms with Gasteiger partial charge in [0.05, 0.1) is 11.8 Å². The molecule has 2 aromatic carbocycles. The number of aromatic nitrogens is 5. The van der Waals surface area contributed by atoms with Crippen molar-refractivity contribution in [3.05, 3.63) is 78.8 Å². The fraction of sp³-hybridized carbons (Fsp3) is 0. The SMILES string of the molecule is Bc1c(Oc2ccc(C(=O)O)cc2)nc2c(-c3cnc(-c4ccccc4)nc3)cnn2c1N. The van der Waals surface area contributed by atoms with Gasteiger partial charge in [-0.15, -0.1) is 0 Å². The average Bonchev–Trinajstić information content (AvgIpc) is 3.27. The summed E-state index contributed by atoms with van der Waals surface area (Å²) in [7, 11) is 1.78. The predicted octanol–water partition coefficient (Wildman–Crippen LogP) is 2.18. The summed E-state index contributed by atoms with van der Waals surface area (Å²) in [5.41, 5.74) is 9.92. The van der Waals surface area contributed by atoms with Gasteiger partial charge in [0.15, 0.2) is 19.3 Å². The van der Waals surface area contributed by atoms with E-state index in [1.807, 2.05) is 30.3 Å². The maximum Gasteiger partial charge on any atom is 0.335 e. The molecule has 10 heteroatoms. The van der Waals surface area contributed by atoms with E-state index in [0.717, 1.165) is 11.1 Å². The smallest absolute Gasteiger partial charge is 0.335 e. The Kier molecular flexibility index (Phi) is 4.94. The molecule has 0 unspecified atom stereocenters. The second-order valence-corrected chi connectivity index (χ2v) is 7.31. The van der Waals surface area contributed by atoms with Crippen LogP contribution in [0, 0.1) is 0 Å². The summed E-state index contributed by atoms with van der Waals surface area (Å²) in [6.45, 7) is 0. The second-order valence-electron chi connectivity index (χ2n) is 7.31. The minimum absolute atomic E-state index is 0.166. The van der Waals surface area contributed by atoms with Crippen molar-refractivity contribution < 1.29 is 14.6 Å². The van der Waals surface area contributed by atoms with Gasteiger partial charge in [0.2, 0.25) is 5.88 Å². The number of benzene rings is 2. The Morgan fingerprint density at radius 2 is 1.67 bits per heavy atom.